The van der Waals surface area contributed by atoms with Gasteiger partial charge in [0.1, 0.15) is 5.75 Å². The standard InChI is InChI=1S/C25H29NO4/c1-15(2)14-30-20-12-8-18(9-13-20)22-21(23(27)16(3)4)24(28)25(29)26(22)19-10-6-17(5)7-11-19/h6-13,15-16,22,28H,14H2,1-5H3. The molecule has 0 saturated carbocycles. The van der Waals surface area contributed by atoms with Crippen LogP contribution in [0.5, 0.6) is 5.75 Å². The molecule has 2 aromatic carbocycles. The second kappa shape index (κ2) is 8.74. The maximum Gasteiger partial charge on any atom is 0.294 e. The molecule has 1 atom stereocenters. The molecular formula is C25H29NO4. The molecule has 30 heavy (non-hydrogen) atoms. The number of rotatable bonds is 7. The first kappa shape index (κ1) is 21.6. The van der Waals surface area contributed by atoms with Crippen LogP contribution in [0.15, 0.2) is 59.9 Å². The molecule has 2 aromatic rings. The zero-order valence-electron chi connectivity index (χ0n) is 18.2. The summed E-state index contributed by atoms with van der Waals surface area (Å²) in [6.45, 7) is 10.3. The van der Waals surface area contributed by atoms with Crippen LogP contribution in [-0.2, 0) is 9.59 Å². The van der Waals surface area contributed by atoms with Crippen LogP contribution in [0.4, 0.5) is 5.69 Å². The van der Waals surface area contributed by atoms with Crippen molar-refractivity contribution in [2.24, 2.45) is 11.8 Å². The minimum atomic E-state index is -0.686. The highest BCUT2D eigenvalue weighted by molar-refractivity contribution is 6.16. The number of carbonyl (C=O) groups excluding carboxylic acids is 2. The Morgan fingerprint density at radius 2 is 1.63 bits per heavy atom. The highest BCUT2D eigenvalue weighted by atomic mass is 16.5. The SMILES string of the molecule is Cc1ccc(N2C(=O)C(O)=C(C(=O)C(C)C)C2c2ccc(OCC(C)C)cc2)cc1. The van der Waals surface area contributed by atoms with Gasteiger partial charge in [0, 0.05) is 11.6 Å². The van der Waals surface area contributed by atoms with Gasteiger partial charge in [-0.15, -0.1) is 0 Å². The van der Waals surface area contributed by atoms with E-state index >= 15 is 0 Å². The number of nitrogens with zero attached hydrogens (tertiary/aromatic N) is 1. The molecule has 1 unspecified atom stereocenters. The molecule has 0 radical (unpaired) electrons. The number of amides is 1. The molecule has 0 aromatic heterocycles. The molecule has 0 spiro atoms. The van der Waals surface area contributed by atoms with Gasteiger partial charge in [0.15, 0.2) is 11.5 Å². The second-order valence-corrected chi connectivity index (χ2v) is 8.47. The smallest absolute Gasteiger partial charge is 0.294 e. The topological polar surface area (TPSA) is 66.8 Å². The van der Waals surface area contributed by atoms with Crippen molar-refractivity contribution in [2.45, 2.75) is 40.7 Å². The highest BCUT2D eigenvalue weighted by Gasteiger charge is 2.44. The van der Waals surface area contributed by atoms with Gasteiger partial charge in [-0.1, -0.05) is 57.5 Å². The number of aliphatic hydroxyl groups excluding tert-OH is 1. The Morgan fingerprint density at radius 3 is 2.17 bits per heavy atom. The van der Waals surface area contributed by atoms with Crippen LogP contribution in [-0.4, -0.2) is 23.4 Å². The number of hydrogen-bond acceptors (Lipinski definition) is 4. The van der Waals surface area contributed by atoms with Crippen molar-refractivity contribution in [2.75, 3.05) is 11.5 Å². The van der Waals surface area contributed by atoms with Gasteiger partial charge in [-0.25, -0.2) is 0 Å². The average molecular weight is 408 g/mol. The molecule has 0 saturated heterocycles. The van der Waals surface area contributed by atoms with E-state index in [-0.39, 0.29) is 17.3 Å². The van der Waals surface area contributed by atoms with Crippen molar-refractivity contribution in [3.8, 4) is 5.75 Å². The minimum absolute atomic E-state index is 0.145. The van der Waals surface area contributed by atoms with Gasteiger partial charge in [-0.05, 0) is 42.7 Å². The molecule has 1 aliphatic rings. The molecule has 5 nitrogen and oxygen atoms in total. The molecule has 3 rings (SSSR count). The fourth-order valence-corrected chi connectivity index (χ4v) is 3.46. The lowest BCUT2D eigenvalue weighted by molar-refractivity contribution is -0.119. The molecule has 158 valence electrons. The Hall–Kier alpha value is -3.08. The van der Waals surface area contributed by atoms with E-state index in [1.807, 2.05) is 55.5 Å². The van der Waals surface area contributed by atoms with Crippen LogP contribution in [0.2, 0.25) is 0 Å². The summed E-state index contributed by atoms with van der Waals surface area (Å²) in [5, 5.41) is 10.6. The normalized spacial score (nSPS) is 16.7. The van der Waals surface area contributed by atoms with E-state index in [0.717, 1.165) is 16.9 Å². The Balaban J connectivity index is 2.05. The van der Waals surface area contributed by atoms with Crippen molar-refractivity contribution in [1.29, 1.82) is 0 Å². The third-order valence-corrected chi connectivity index (χ3v) is 5.09. The number of Topliss-reactive ketones (excluding diaryl/α,β-unsaturated/α-hetero) is 1. The third kappa shape index (κ3) is 4.25. The molecule has 0 bridgehead atoms. The quantitative estimate of drug-likeness (QED) is 0.689. The first-order valence-electron chi connectivity index (χ1n) is 10.3. The van der Waals surface area contributed by atoms with E-state index in [2.05, 4.69) is 13.8 Å². The monoisotopic (exact) mass is 407 g/mol. The molecule has 0 fully saturated rings. The van der Waals surface area contributed by atoms with E-state index in [1.54, 1.807) is 13.8 Å². The summed E-state index contributed by atoms with van der Waals surface area (Å²) in [5.41, 5.74) is 2.58. The number of hydrogen-bond donors (Lipinski definition) is 1. The van der Waals surface area contributed by atoms with Crippen LogP contribution < -0.4 is 9.64 Å². The lowest BCUT2D eigenvalue weighted by Gasteiger charge is -2.27. The van der Waals surface area contributed by atoms with Gasteiger partial charge in [0.05, 0.1) is 18.2 Å². The molecule has 1 amide bonds. The molecule has 5 heteroatoms. The predicted molar refractivity (Wildman–Crippen MR) is 118 cm³/mol. The summed E-state index contributed by atoms with van der Waals surface area (Å²) in [5.74, 6) is -0.482. The van der Waals surface area contributed by atoms with Crippen molar-refractivity contribution in [3.63, 3.8) is 0 Å². The number of anilines is 1. The Bertz CT molecular complexity index is 956. The minimum Gasteiger partial charge on any atom is -0.503 e. The largest absolute Gasteiger partial charge is 0.503 e. The van der Waals surface area contributed by atoms with Gasteiger partial charge in [-0.2, -0.15) is 0 Å². The first-order valence-corrected chi connectivity index (χ1v) is 10.3. The molecular weight excluding hydrogens is 378 g/mol. The van der Waals surface area contributed by atoms with Gasteiger partial charge in [-0.3, -0.25) is 14.5 Å². The highest BCUT2D eigenvalue weighted by Crippen LogP contribution is 2.42. The fraction of sp³-hybridized carbons (Fsp3) is 0.360. The lowest BCUT2D eigenvalue weighted by atomic mass is 9.91. The van der Waals surface area contributed by atoms with Gasteiger partial charge in [0.25, 0.3) is 5.91 Å². The lowest BCUT2D eigenvalue weighted by Crippen LogP contribution is -2.31. The summed E-state index contributed by atoms with van der Waals surface area (Å²) < 4.78 is 5.76. The van der Waals surface area contributed by atoms with Gasteiger partial charge >= 0.3 is 0 Å². The van der Waals surface area contributed by atoms with Crippen LogP contribution in [0.25, 0.3) is 0 Å². The average Bonchev–Trinajstić information content (AvgIpc) is 2.97. The maximum atomic E-state index is 13.0. The molecule has 1 heterocycles. The summed E-state index contributed by atoms with van der Waals surface area (Å²) in [6, 6.07) is 14.2. The van der Waals surface area contributed by atoms with Crippen molar-refractivity contribution >= 4 is 17.4 Å². The summed E-state index contributed by atoms with van der Waals surface area (Å²) >= 11 is 0. The Morgan fingerprint density at radius 1 is 1.03 bits per heavy atom. The number of ether oxygens (including phenoxy) is 1. The van der Waals surface area contributed by atoms with Crippen LogP contribution in [0.3, 0.4) is 0 Å². The van der Waals surface area contributed by atoms with Crippen LogP contribution in [0, 0.1) is 18.8 Å². The Kier molecular flexibility index (Phi) is 6.30. The first-order chi connectivity index (χ1) is 14.2. The number of aliphatic hydroxyl groups is 1. The van der Waals surface area contributed by atoms with E-state index in [1.165, 1.54) is 4.90 Å². The number of ketones is 1. The number of aryl methyl sites for hydroxylation is 1. The van der Waals surface area contributed by atoms with Crippen LogP contribution >= 0.6 is 0 Å². The van der Waals surface area contributed by atoms with Crippen molar-refractivity contribution in [3.05, 3.63) is 71.0 Å². The number of carbonyl (C=O) groups is 2. The van der Waals surface area contributed by atoms with Crippen molar-refractivity contribution in [1.82, 2.24) is 0 Å². The summed E-state index contributed by atoms with van der Waals surface area (Å²) in [4.78, 5) is 27.4. The zero-order chi connectivity index (χ0) is 22.0. The van der Waals surface area contributed by atoms with E-state index in [4.69, 9.17) is 4.74 Å². The Labute approximate surface area is 178 Å². The zero-order valence-corrected chi connectivity index (χ0v) is 18.2. The maximum absolute atomic E-state index is 13.0. The summed E-state index contributed by atoms with van der Waals surface area (Å²) in [7, 11) is 0. The van der Waals surface area contributed by atoms with E-state index in [0.29, 0.717) is 18.2 Å². The second-order valence-electron chi connectivity index (χ2n) is 8.47. The van der Waals surface area contributed by atoms with Gasteiger partial charge in [0.2, 0.25) is 0 Å². The molecule has 1 N–H and O–H groups in total. The number of benzene rings is 2. The fourth-order valence-electron chi connectivity index (χ4n) is 3.46. The van der Waals surface area contributed by atoms with Crippen molar-refractivity contribution < 1.29 is 19.4 Å². The molecule has 1 aliphatic heterocycles. The summed E-state index contributed by atoms with van der Waals surface area (Å²) in [6.07, 6.45) is 0. The van der Waals surface area contributed by atoms with Gasteiger partial charge < -0.3 is 9.84 Å². The third-order valence-electron chi connectivity index (χ3n) is 5.09. The molecule has 0 aliphatic carbocycles. The van der Waals surface area contributed by atoms with E-state index in [9.17, 15) is 14.7 Å². The van der Waals surface area contributed by atoms with Crippen LogP contribution in [0.1, 0.15) is 44.9 Å². The predicted octanol–water partition coefficient (Wildman–Crippen LogP) is 5.15. The van der Waals surface area contributed by atoms with E-state index < -0.39 is 17.7 Å².